The van der Waals surface area contributed by atoms with E-state index in [4.69, 9.17) is 5.11 Å². The second-order valence-electron chi connectivity index (χ2n) is 3.94. The first-order chi connectivity index (χ1) is 7.24. The molecule has 0 saturated heterocycles. The highest BCUT2D eigenvalue weighted by Gasteiger charge is 2.11. The molecule has 1 aromatic heterocycles. The fourth-order valence-electron chi connectivity index (χ4n) is 1.47. The minimum absolute atomic E-state index is 0.222. The molecular weight excluding hydrogens is 190 g/mol. The average molecular weight is 209 g/mol. The second-order valence-corrected chi connectivity index (χ2v) is 3.94. The summed E-state index contributed by atoms with van der Waals surface area (Å²) in [5.74, 6) is 0.513. The molecule has 0 aliphatic rings. The standard InChI is InChI=1S/C11H19N3O/c1-9(2)11(4-6-15)13-7-10-3-5-12-8-14-10/h3,5,8-9,11,13,15H,4,6-7H2,1-2H3. The average Bonchev–Trinajstić information content (AvgIpc) is 2.25. The van der Waals surface area contributed by atoms with Crippen LogP contribution in [0, 0.1) is 5.92 Å². The largest absolute Gasteiger partial charge is 0.396 e. The van der Waals surface area contributed by atoms with E-state index in [1.54, 1.807) is 12.5 Å². The van der Waals surface area contributed by atoms with Gasteiger partial charge in [-0.25, -0.2) is 9.97 Å². The van der Waals surface area contributed by atoms with Crippen molar-refractivity contribution in [3.05, 3.63) is 24.3 Å². The molecule has 84 valence electrons. The van der Waals surface area contributed by atoms with Crippen LogP contribution >= 0.6 is 0 Å². The molecule has 1 atom stereocenters. The monoisotopic (exact) mass is 209 g/mol. The summed E-state index contributed by atoms with van der Waals surface area (Å²) in [7, 11) is 0. The van der Waals surface area contributed by atoms with Crippen molar-refractivity contribution in [2.75, 3.05) is 6.61 Å². The molecule has 2 N–H and O–H groups in total. The van der Waals surface area contributed by atoms with E-state index in [-0.39, 0.29) is 6.61 Å². The molecule has 0 aliphatic heterocycles. The highest BCUT2D eigenvalue weighted by molar-refractivity contribution is 4.97. The van der Waals surface area contributed by atoms with Crippen molar-refractivity contribution in [3.8, 4) is 0 Å². The van der Waals surface area contributed by atoms with E-state index < -0.39 is 0 Å². The number of hydrogen-bond acceptors (Lipinski definition) is 4. The SMILES string of the molecule is CC(C)C(CCO)NCc1ccncn1. The summed E-state index contributed by atoms with van der Waals surface area (Å²) in [6.45, 7) is 5.24. The van der Waals surface area contributed by atoms with Crippen molar-refractivity contribution in [1.29, 1.82) is 0 Å². The van der Waals surface area contributed by atoms with Crippen LogP contribution in [0.5, 0.6) is 0 Å². The number of nitrogens with one attached hydrogen (secondary N) is 1. The molecule has 1 aromatic rings. The molecule has 0 aromatic carbocycles. The molecule has 1 rings (SSSR count). The van der Waals surface area contributed by atoms with Crippen molar-refractivity contribution in [2.45, 2.75) is 32.9 Å². The molecule has 0 bridgehead atoms. The highest BCUT2D eigenvalue weighted by atomic mass is 16.3. The summed E-state index contributed by atoms with van der Waals surface area (Å²) in [4.78, 5) is 8.00. The van der Waals surface area contributed by atoms with E-state index in [9.17, 15) is 0 Å². The van der Waals surface area contributed by atoms with E-state index in [0.29, 0.717) is 12.0 Å². The molecular formula is C11H19N3O. The fraction of sp³-hybridized carbons (Fsp3) is 0.636. The first-order valence-corrected chi connectivity index (χ1v) is 5.33. The topological polar surface area (TPSA) is 58.0 Å². The Hall–Kier alpha value is -1.00. The van der Waals surface area contributed by atoms with Gasteiger partial charge in [0.25, 0.3) is 0 Å². The quantitative estimate of drug-likeness (QED) is 0.733. The van der Waals surface area contributed by atoms with Crippen LogP contribution in [0.2, 0.25) is 0 Å². The molecule has 0 spiro atoms. The van der Waals surface area contributed by atoms with Gasteiger partial charge in [0, 0.05) is 25.4 Å². The van der Waals surface area contributed by atoms with Crippen LogP contribution < -0.4 is 5.32 Å². The van der Waals surface area contributed by atoms with Crippen LogP contribution in [0.3, 0.4) is 0 Å². The Labute approximate surface area is 90.8 Å². The minimum atomic E-state index is 0.222. The maximum atomic E-state index is 8.92. The van der Waals surface area contributed by atoms with Crippen LogP contribution in [-0.4, -0.2) is 27.7 Å². The molecule has 1 unspecified atom stereocenters. The zero-order chi connectivity index (χ0) is 11.1. The van der Waals surface area contributed by atoms with Gasteiger partial charge in [0.15, 0.2) is 0 Å². The van der Waals surface area contributed by atoms with Crippen molar-refractivity contribution < 1.29 is 5.11 Å². The Morgan fingerprint density at radius 1 is 1.47 bits per heavy atom. The van der Waals surface area contributed by atoms with Crippen LogP contribution in [0.1, 0.15) is 26.0 Å². The van der Waals surface area contributed by atoms with Gasteiger partial charge in [0.1, 0.15) is 6.33 Å². The van der Waals surface area contributed by atoms with Crippen molar-refractivity contribution in [1.82, 2.24) is 15.3 Å². The Kier molecular flexibility index (Phi) is 5.21. The summed E-state index contributed by atoms with van der Waals surface area (Å²) in [5, 5.41) is 12.3. The lowest BCUT2D eigenvalue weighted by atomic mass is 10.0. The summed E-state index contributed by atoms with van der Waals surface area (Å²) in [6.07, 6.45) is 4.07. The van der Waals surface area contributed by atoms with Crippen LogP contribution in [0.15, 0.2) is 18.6 Å². The van der Waals surface area contributed by atoms with Crippen molar-refractivity contribution >= 4 is 0 Å². The number of nitrogens with zero attached hydrogens (tertiary/aromatic N) is 2. The summed E-state index contributed by atoms with van der Waals surface area (Å²) in [5.41, 5.74) is 0.980. The number of aliphatic hydroxyl groups is 1. The molecule has 0 fully saturated rings. The van der Waals surface area contributed by atoms with E-state index in [2.05, 4.69) is 29.1 Å². The van der Waals surface area contributed by atoms with Gasteiger partial charge >= 0.3 is 0 Å². The van der Waals surface area contributed by atoms with E-state index in [0.717, 1.165) is 18.7 Å². The Morgan fingerprint density at radius 3 is 2.80 bits per heavy atom. The lowest BCUT2D eigenvalue weighted by Crippen LogP contribution is -2.34. The Bertz CT molecular complexity index is 264. The molecule has 1 heterocycles. The van der Waals surface area contributed by atoms with Gasteiger partial charge in [-0.3, -0.25) is 0 Å². The normalized spacial score (nSPS) is 13.1. The van der Waals surface area contributed by atoms with Crippen LogP contribution in [0.4, 0.5) is 0 Å². The Morgan fingerprint density at radius 2 is 2.27 bits per heavy atom. The van der Waals surface area contributed by atoms with Gasteiger partial charge in [0.2, 0.25) is 0 Å². The maximum absolute atomic E-state index is 8.92. The van der Waals surface area contributed by atoms with E-state index >= 15 is 0 Å². The van der Waals surface area contributed by atoms with Gasteiger partial charge in [-0.1, -0.05) is 13.8 Å². The van der Waals surface area contributed by atoms with Gasteiger partial charge < -0.3 is 10.4 Å². The first-order valence-electron chi connectivity index (χ1n) is 5.33. The van der Waals surface area contributed by atoms with Gasteiger partial charge in [-0.2, -0.15) is 0 Å². The molecule has 4 heteroatoms. The molecule has 0 radical (unpaired) electrons. The molecule has 15 heavy (non-hydrogen) atoms. The summed E-state index contributed by atoms with van der Waals surface area (Å²) >= 11 is 0. The number of aliphatic hydroxyl groups excluding tert-OH is 1. The number of aromatic nitrogens is 2. The Balaban J connectivity index is 2.40. The smallest absolute Gasteiger partial charge is 0.115 e. The van der Waals surface area contributed by atoms with Gasteiger partial charge in [-0.15, -0.1) is 0 Å². The number of rotatable bonds is 6. The van der Waals surface area contributed by atoms with Crippen LogP contribution in [-0.2, 0) is 6.54 Å². The minimum Gasteiger partial charge on any atom is -0.396 e. The van der Waals surface area contributed by atoms with E-state index in [1.165, 1.54) is 0 Å². The zero-order valence-corrected chi connectivity index (χ0v) is 9.35. The molecule has 0 amide bonds. The third-order valence-corrected chi connectivity index (χ3v) is 2.43. The molecule has 0 saturated carbocycles. The van der Waals surface area contributed by atoms with Gasteiger partial charge in [-0.05, 0) is 18.4 Å². The van der Waals surface area contributed by atoms with Crippen LogP contribution in [0.25, 0.3) is 0 Å². The molecule has 0 aliphatic carbocycles. The molecule has 4 nitrogen and oxygen atoms in total. The first kappa shape index (κ1) is 12.1. The van der Waals surface area contributed by atoms with Crippen molar-refractivity contribution in [3.63, 3.8) is 0 Å². The lowest BCUT2D eigenvalue weighted by Gasteiger charge is -2.21. The van der Waals surface area contributed by atoms with Crippen molar-refractivity contribution in [2.24, 2.45) is 5.92 Å². The summed E-state index contributed by atoms with van der Waals surface area (Å²) < 4.78 is 0. The lowest BCUT2D eigenvalue weighted by molar-refractivity contribution is 0.243. The fourth-order valence-corrected chi connectivity index (χ4v) is 1.47. The van der Waals surface area contributed by atoms with E-state index in [1.807, 2.05) is 6.07 Å². The maximum Gasteiger partial charge on any atom is 0.115 e. The highest BCUT2D eigenvalue weighted by Crippen LogP contribution is 2.06. The number of hydrogen-bond donors (Lipinski definition) is 2. The predicted molar refractivity (Wildman–Crippen MR) is 59.2 cm³/mol. The second kappa shape index (κ2) is 6.48. The predicted octanol–water partition coefficient (Wildman–Crippen LogP) is 0.973. The summed E-state index contributed by atoms with van der Waals surface area (Å²) in [6, 6.07) is 2.23. The third-order valence-electron chi connectivity index (χ3n) is 2.43. The zero-order valence-electron chi connectivity index (χ0n) is 9.35. The van der Waals surface area contributed by atoms with Gasteiger partial charge in [0.05, 0.1) is 5.69 Å². The third kappa shape index (κ3) is 4.36.